The standard InChI is InChI=1S/C8H9NOS/c1-5-4-6-2-3-11-7(6)8(10)9-5/h2-3,5H,4H2,1H3,(H,9,10). The van der Waals surface area contributed by atoms with Gasteiger partial charge in [-0.05, 0) is 30.4 Å². The molecule has 0 aliphatic carbocycles. The molecular formula is C8H9NOS. The zero-order valence-electron chi connectivity index (χ0n) is 6.26. The summed E-state index contributed by atoms with van der Waals surface area (Å²) < 4.78 is 0. The fourth-order valence-corrected chi connectivity index (χ4v) is 2.20. The minimum Gasteiger partial charge on any atom is -0.349 e. The van der Waals surface area contributed by atoms with E-state index < -0.39 is 0 Å². The summed E-state index contributed by atoms with van der Waals surface area (Å²) in [4.78, 5) is 12.1. The molecule has 1 N–H and O–H groups in total. The van der Waals surface area contributed by atoms with Gasteiger partial charge in [0.2, 0.25) is 0 Å². The van der Waals surface area contributed by atoms with Crippen LogP contribution in [0.3, 0.4) is 0 Å². The fourth-order valence-electron chi connectivity index (χ4n) is 1.37. The van der Waals surface area contributed by atoms with E-state index >= 15 is 0 Å². The van der Waals surface area contributed by atoms with Crippen molar-refractivity contribution in [2.75, 3.05) is 0 Å². The first-order valence-corrected chi connectivity index (χ1v) is 4.52. The molecule has 0 saturated heterocycles. The third kappa shape index (κ3) is 1.05. The van der Waals surface area contributed by atoms with E-state index in [9.17, 15) is 4.79 Å². The van der Waals surface area contributed by atoms with Gasteiger partial charge in [-0.1, -0.05) is 0 Å². The van der Waals surface area contributed by atoms with Gasteiger partial charge in [-0.2, -0.15) is 0 Å². The molecule has 2 heterocycles. The Morgan fingerprint density at radius 3 is 3.36 bits per heavy atom. The van der Waals surface area contributed by atoms with Gasteiger partial charge in [0.25, 0.3) is 5.91 Å². The Kier molecular flexibility index (Phi) is 1.46. The second-order valence-corrected chi connectivity index (χ2v) is 3.77. The number of rotatable bonds is 0. The topological polar surface area (TPSA) is 29.1 Å². The number of fused-ring (bicyclic) bond motifs is 1. The molecule has 0 fully saturated rings. The molecule has 3 heteroatoms. The van der Waals surface area contributed by atoms with E-state index in [1.165, 1.54) is 16.9 Å². The number of thiophene rings is 1. The van der Waals surface area contributed by atoms with E-state index in [1.54, 1.807) is 0 Å². The molecule has 0 radical (unpaired) electrons. The quantitative estimate of drug-likeness (QED) is 0.622. The molecule has 11 heavy (non-hydrogen) atoms. The number of hydrogen-bond donors (Lipinski definition) is 1. The monoisotopic (exact) mass is 167 g/mol. The summed E-state index contributed by atoms with van der Waals surface area (Å²) in [6.07, 6.45) is 0.977. The molecular weight excluding hydrogens is 158 g/mol. The van der Waals surface area contributed by atoms with Gasteiger partial charge in [0.1, 0.15) is 0 Å². The van der Waals surface area contributed by atoms with Crippen LogP contribution in [0.5, 0.6) is 0 Å². The van der Waals surface area contributed by atoms with Crippen molar-refractivity contribution >= 4 is 17.2 Å². The summed E-state index contributed by atoms with van der Waals surface area (Å²) in [5, 5.41) is 4.87. The van der Waals surface area contributed by atoms with Gasteiger partial charge in [0, 0.05) is 6.04 Å². The van der Waals surface area contributed by atoms with Crippen molar-refractivity contribution in [2.45, 2.75) is 19.4 Å². The van der Waals surface area contributed by atoms with Gasteiger partial charge < -0.3 is 5.32 Å². The Balaban J connectivity index is 2.44. The van der Waals surface area contributed by atoms with Crippen LogP contribution >= 0.6 is 11.3 Å². The summed E-state index contributed by atoms with van der Waals surface area (Å²) in [6, 6.07) is 2.33. The Hall–Kier alpha value is -0.830. The minimum absolute atomic E-state index is 0.0914. The van der Waals surface area contributed by atoms with Crippen molar-refractivity contribution < 1.29 is 4.79 Å². The maximum Gasteiger partial charge on any atom is 0.261 e. The first-order valence-electron chi connectivity index (χ1n) is 3.64. The molecule has 1 aromatic rings. The van der Waals surface area contributed by atoms with E-state index in [2.05, 4.69) is 5.32 Å². The Morgan fingerprint density at radius 2 is 2.55 bits per heavy atom. The molecule has 1 amide bonds. The summed E-state index contributed by atoms with van der Waals surface area (Å²) >= 11 is 1.52. The van der Waals surface area contributed by atoms with Crippen LogP contribution in [0.2, 0.25) is 0 Å². The normalized spacial score (nSPS) is 22.6. The van der Waals surface area contributed by atoms with Gasteiger partial charge in [-0.25, -0.2) is 0 Å². The molecule has 0 spiro atoms. The van der Waals surface area contributed by atoms with Gasteiger partial charge in [-0.3, -0.25) is 4.79 Å². The van der Waals surface area contributed by atoms with Crippen molar-refractivity contribution in [3.63, 3.8) is 0 Å². The number of carbonyl (C=O) groups is 1. The van der Waals surface area contributed by atoms with Crippen LogP contribution < -0.4 is 5.32 Å². The maximum absolute atomic E-state index is 11.3. The van der Waals surface area contributed by atoms with E-state index in [0.29, 0.717) is 6.04 Å². The largest absolute Gasteiger partial charge is 0.349 e. The van der Waals surface area contributed by atoms with Gasteiger partial charge >= 0.3 is 0 Å². The molecule has 1 unspecified atom stereocenters. The molecule has 0 bridgehead atoms. The lowest BCUT2D eigenvalue weighted by Gasteiger charge is -2.18. The minimum atomic E-state index is 0.0914. The zero-order valence-corrected chi connectivity index (χ0v) is 7.07. The molecule has 0 saturated carbocycles. The first-order chi connectivity index (χ1) is 5.27. The Labute approximate surface area is 69.2 Å². The van der Waals surface area contributed by atoms with Crippen LogP contribution in [0.1, 0.15) is 22.2 Å². The summed E-state index contributed by atoms with van der Waals surface area (Å²) in [7, 11) is 0. The van der Waals surface area contributed by atoms with E-state index in [1.807, 2.05) is 18.4 Å². The van der Waals surface area contributed by atoms with Crippen molar-refractivity contribution in [1.82, 2.24) is 5.32 Å². The van der Waals surface area contributed by atoms with Crippen LogP contribution in [0.15, 0.2) is 11.4 Å². The van der Waals surface area contributed by atoms with Crippen molar-refractivity contribution in [1.29, 1.82) is 0 Å². The van der Waals surface area contributed by atoms with E-state index in [-0.39, 0.29) is 5.91 Å². The number of carbonyl (C=O) groups excluding carboxylic acids is 1. The van der Waals surface area contributed by atoms with E-state index in [4.69, 9.17) is 0 Å². The maximum atomic E-state index is 11.3. The SMILES string of the molecule is CC1Cc2ccsc2C(=O)N1. The summed E-state index contributed by atoms with van der Waals surface area (Å²) in [5.74, 6) is 0.0914. The second-order valence-electron chi connectivity index (χ2n) is 2.85. The molecule has 1 aromatic heterocycles. The lowest BCUT2D eigenvalue weighted by atomic mass is 10.0. The number of nitrogens with one attached hydrogen (secondary N) is 1. The van der Waals surface area contributed by atoms with Crippen molar-refractivity contribution in [3.8, 4) is 0 Å². The predicted molar refractivity (Wildman–Crippen MR) is 45.0 cm³/mol. The lowest BCUT2D eigenvalue weighted by Crippen LogP contribution is -2.38. The Morgan fingerprint density at radius 1 is 1.73 bits per heavy atom. The highest BCUT2D eigenvalue weighted by Crippen LogP contribution is 2.21. The molecule has 58 valence electrons. The summed E-state index contributed by atoms with van der Waals surface area (Å²) in [6.45, 7) is 2.03. The van der Waals surface area contributed by atoms with Gasteiger partial charge in [0.05, 0.1) is 4.88 Å². The average Bonchev–Trinajstić information content (AvgIpc) is 2.34. The highest BCUT2D eigenvalue weighted by atomic mass is 32.1. The van der Waals surface area contributed by atoms with Crippen molar-refractivity contribution in [2.24, 2.45) is 0 Å². The first kappa shape index (κ1) is 6.85. The molecule has 1 atom stereocenters. The smallest absolute Gasteiger partial charge is 0.261 e. The van der Waals surface area contributed by atoms with Crippen LogP contribution in [-0.2, 0) is 6.42 Å². The second kappa shape index (κ2) is 2.34. The van der Waals surface area contributed by atoms with Crippen LogP contribution in [0.4, 0.5) is 0 Å². The van der Waals surface area contributed by atoms with E-state index in [0.717, 1.165) is 11.3 Å². The van der Waals surface area contributed by atoms with Crippen LogP contribution in [0, 0.1) is 0 Å². The molecule has 2 nitrogen and oxygen atoms in total. The Bertz CT molecular complexity index is 292. The highest BCUT2D eigenvalue weighted by molar-refractivity contribution is 7.12. The highest BCUT2D eigenvalue weighted by Gasteiger charge is 2.21. The molecule has 1 aliphatic rings. The third-order valence-electron chi connectivity index (χ3n) is 1.86. The number of hydrogen-bond acceptors (Lipinski definition) is 2. The fraction of sp³-hybridized carbons (Fsp3) is 0.375. The predicted octanol–water partition coefficient (Wildman–Crippen LogP) is 1.42. The number of amides is 1. The average molecular weight is 167 g/mol. The van der Waals surface area contributed by atoms with Crippen LogP contribution in [-0.4, -0.2) is 11.9 Å². The summed E-state index contributed by atoms with van der Waals surface area (Å²) in [5.41, 5.74) is 1.20. The lowest BCUT2D eigenvalue weighted by molar-refractivity contribution is 0.0934. The van der Waals surface area contributed by atoms with Crippen molar-refractivity contribution in [3.05, 3.63) is 21.9 Å². The molecule has 1 aliphatic heterocycles. The van der Waals surface area contributed by atoms with Gasteiger partial charge in [-0.15, -0.1) is 11.3 Å². The third-order valence-corrected chi connectivity index (χ3v) is 2.81. The van der Waals surface area contributed by atoms with Crippen LogP contribution in [0.25, 0.3) is 0 Å². The molecule has 0 aromatic carbocycles. The van der Waals surface area contributed by atoms with Gasteiger partial charge in [0.15, 0.2) is 0 Å². The molecule has 2 rings (SSSR count). The zero-order chi connectivity index (χ0) is 7.84.